The fraction of sp³-hybridized carbons (Fsp3) is 0.625. The molecular weight excluding hydrogens is 206 g/mol. The molecule has 0 aliphatic heterocycles. The normalized spacial score (nSPS) is 14.6. The molecule has 1 aromatic carbocycles. The minimum atomic E-state index is 0.500. The molecule has 0 fully saturated rings. The molecule has 0 saturated carbocycles. The van der Waals surface area contributed by atoms with E-state index in [2.05, 4.69) is 58.1 Å². The molecule has 0 aromatic heterocycles. The van der Waals surface area contributed by atoms with E-state index in [9.17, 15) is 0 Å². The van der Waals surface area contributed by atoms with Crippen molar-refractivity contribution in [2.45, 2.75) is 53.5 Å². The Morgan fingerprint density at radius 2 is 1.88 bits per heavy atom. The van der Waals surface area contributed by atoms with Crippen molar-refractivity contribution < 1.29 is 0 Å². The van der Waals surface area contributed by atoms with Crippen molar-refractivity contribution in [1.29, 1.82) is 0 Å². The number of hydrogen-bond acceptors (Lipinski definition) is 1. The highest BCUT2D eigenvalue weighted by molar-refractivity contribution is 5.35. The van der Waals surface area contributed by atoms with Crippen LogP contribution in [0.3, 0.4) is 0 Å². The van der Waals surface area contributed by atoms with Gasteiger partial charge in [-0.05, 0) is 49.4 Å². The third-order valence-corrected chi connectivity index (χ3v) is 3.81. The van der Waals surface area contributed by atoms with Crippen LogP contribution in [0.1, 0.15) is 56.3 Å². The maximum Gasteiger partial charge on any atom is 0.0348 e. The lowest BCUT2D eigenvalue weighted by atomic mass is 9.88. The van der Waals surface area contributed by atoms with Crippen molar-refractivity contribution in [1.82, 2.24) is 5.32 Å². The molecule has 1 rings (SSSR count). The van der Waals surface area contributed by atoms with Gasteiger partial charge in [0.25, 0.3) is 0 Å². The van der Waals surface area contributed by atoms with Crippen LogP contribution in [0.15, 0.2) is 18.2 Å². The van der Waals surface area contributed by atoms with E-state index in [1.807, 2.05) is 0 Å². The molecule has 2 atom stereocenters. The highest BCUT2D eigenvalue weighted by Gasteiger charge is 2.19. The lowest BCUT2D eigenvalue weighted by Gasteiger charge is -2.27. The second-order valence-electron chi connectivity index (χ2n) is 5.11. The minimum absolute atomic E-state index is 0.500. The summed E-state index contributed by atoms with van der Waals surface area (Å²) in [5.74, 6) is 0.682. The van der Waals surface area contributed by atoms with Crippen molar-refractivity contribution in [2.75, 3.05) is 6.54 Å². The largest absolute Gasteiger partial charge is 0.310 e. The molecule has 0 aliphatic rings. The van der Waals surface area contributed by atoms with Gasteiger partial charge in [-0.2, -0.15) is 0 Å². The van der Waals surface area contributed by atoms with E-state index in [1.54, 1.807) is 0 Å². The highest BCUT2D eigenvalue weighted by Crippen LogP contribution is 2.28. The first-order valence-corrected chi connectivity index (χ1v) is 6.91. The second kappa shape index (κ2) is 6.80. The van der Waals surface area contributed by atoms with Crippen molar-refractivity contribution in [3.05, 3.63) is 34.9 Å². The van der Waals surface area contributed by atoms with Crippen LogP contribution in [0.4, 0.5) is 0 Å². The topological polar surface area (TPSA) is 12.0 Å². The molecule has 1 aromatic rings. The van der Waals surface area contributed by atoms with Gasteiger partial charge in [0.1, 0.15) is 0 Å². The standard InChI is InChI=1S/C16H27N/c1-6-11-17-16(12(3)7-2)15-10-8-9-13(4)14(15)5/h8-10,12,16-17H,6-7,11H2,1-5H3. The summed E-state index contributed by atoms with van der Waals surface area (Å²) >= 11 is 0. The first-order valence-electron chi connectivity index (χ1n) is 6.91. The summed E-state index contributed by atoms with van der Waals surface area (Å²) in [6, 6.07) is 7.16. The van der Waals surface area contributed by atoms with E-state index in [-0.39, 0.29) is 0 Å². The smallest absolute Gasteiger partial charge is 0.0348 e. The molecule has 0 radical (unpaired) electrons. The highest BCUT2D eigenvalue weighted by atomic mass is 14.9. The molecule has 2 unspecified atom stereocenters. The number of benzene rings is 1. The van der Waals surface area contributed by atoms with Crippen LogP contribution in [0.2, 0.25) is 0 Å². The summed E-state index contributed by atoms with van der Waals surface area (Å²) in [4.78, 5) is 0. The van der Waals surface area contributed by atoms with E-state index in [4.69, 9.17) is 0 Å². The van der Waals surface area contributed by atoms with Crippen molar-refractivity contribution in [2.24, 2.45) is 5.92 Å². The monoisotopic (exact) mass is 233 g/mol. The second-order valence-corrected chi connectivity index (χ2v) is 5.11. The lowest BCUT2D eigenvalue weighted by molar-refractivity contribution is 0.376. The molecule has 1 heteroatoms. The number of aryl methyl sites for hydroxylation is 1. The summed E-state index contributed by atoms with van der Waals surface area (Å²) in [6.07, 6.45) is 2.41. The molecular formula is C16H27N. The molecule has 0 spiro atoms. The van der Waals surface area contributed by atoms with Crippen LogP contribution >= 0.6 is 0 Å². The Bertz CT molecular complexity index is 343. The van der Waals surface area contributed by atoms with Crippen molar-refractivity contribution in [3.8, 4) is 0 Å². The van der Waals surface area contributed by atoms with E-state index in [0.29, 0.717) is 12.0 Å². The lowest BCUT2D eigenvalue weighted by Crippen LogP contribution is -2.28. The summed E-state index contributed by atoms with van der Waals surface area (Å²) < 4.78 is 0. The Kier molecular flexibility index (Phi) is 5.70. The summed E-state index contributed by atoms with van der Waals surface area (Å²) in [6.45, 7) is 12.4. The predicted molar refractivity (Wildman–Crippen MR) is 76.4 cm³/mol. The van der Waals surface area contributed by atoms with E-state index >= 15 is 0 Å². The first-order chi connectivity index (χ1) is 8.11. The fourth-order valence-electron chi connectivity index (χ4n) is 2.26. The van der Waals surface area contributed by atoms with Gasteiger partial charge in [-0.1, -0.05) is 45.4 Å². The summed E-state index contributed by atoms with van der Waals surface area (Å²) in [5, 5.41) is 3.70. The third-order valence-electron chi connectivity index (χ3n) is 3.81. The number of hydrogen-bond donors (Lipinski definition) is 1. The Morgan fingerprint density at radius 1 is 1.18 bits per heavy atom. The predicted octanol–water partition coefficient (Wildman–Crippen LogP) is 4.39. The van der Waals surface area contributed by atoms with Crippen molar-refractivity contribution in [3.63, 3.8) is 0 Å². The summed E-state index contributed by atoms with van der Waals surface area (Å²) in [5.41, 5.74) is 4.32. The van der Waals surface area contributed by atoms with Crippen LogP contribution < -0.4 is 5.32 Å². The minimum Gasteiger partial charge on any atom is -0.310 e. The van der Waals surface area contributed by atoms with E-state index < -0.39 is 0 Å². The Hall–Kier alpha value is -0.820. The SMILES string of the molecule is CCCNC(c1cccc(C)c1C)C(C)CC. The van der Waals surface area contributed by atoms with Crippen molar-refractivity contribution >= 4 is 0 Å². The number of nitrogens with one attached hydrogen (secondary N) is 1. The molecule has 0 heterocycles. The Labute approximate surface area is 107 Å². The average Bonchev–Trinajstić information content (AvgIpc) is 2.34. The molecule has 0 bridgehead atoms. The van der Waals surface area contributed by atoms with Gasteiger partial charge in [0.05, 0.1) is 0 Å². The van der Waals surface area contributed by atoms with Gasteiger partial charge >= 0.3 is 0 Å². The van der Waals surface area contributed by atoms with Gasteiger partial charge in [-0.3, -0.25) is 0 Å². The first kappa shape index (κ1) is 14.2. The van der Waals surface area contributed by atoms with E-state index in [1.165, 1.54) is 29.5 Å². The summed E-state index contributed by atoms with van der Waals surface area (Å²) in [7, 11) is 0. The zero-order valence-corrected chi connectivity index (χ0v) is 12.0. The molecule has 1 N–H and O–H groups in total. The molecule has 96 valence electrons. The molecule has 0 saturated heterocycles. The quantitative estimate of drug-likeness (QED) is 0.768. The van der Waals surface area contributed by atoms with Gasteiger partial charge in [-0.15, -0.1) is 0 Å². The Balaban J connectivity index is 2.99. The van der Waals surface area contributed by atoms with Gasteiger partial charge in [0, 0.05) is 6.04 Å². The van der Waals surface area contributed by atoms with Gasteiger partial charge in [0.2, 0.25) is 0 Å². The van der Waals surface area contributed by atoms with Crippen LogP contribution in [0.5, 0.6) is 0 Å². The number of rotatable bonds is 6. The van der Waals surface area contributed by atoms with Crippen LogP contribution in [0, 0.1) is 19.8 Å². The zero-order valence-electron chi connectivity index (χ0n) is 12.0. The molecule has 17 heavy (non-hydrogen) atoms. The fourth-order valence-corrected chi connectivity index (χ4v) is 2.26. The van der Waals surface area contributed by atoms with Crippen LogP contribution in [-0.4, -0.2) is 6.54 Å². The van der Waals surface area contributed by atoms with Crippen LogP contribution in [-0.2, 0) is 0 Å². The van der Waals surface area contributed by atoms with E-state index in [0.717, 1.165) is 6.54 Å². The molecule has 0 aliphatic carbocycles. The molecule has 0 amide bonds. The average molecular weight is 233 g/mol. The van der Waals surface area contributed by atoms with Gasteiger partial charge in [-0.25, -0.2) is 0 Å². The van der Waals surface area contributed by atoms with Gasteiger partial charge in [0.15, 0.2) is 0 Å². The van der Waals surface area contributed by atoms with Crippen LogP contribution in [0.25, 0.3) is 0 Å². The molecule has 1 nitrogen and oxygen atoms in total. The maximum atomic E-state index is 3.70. The zero-order chi connectivity index (χ0) is 12.8. The maximum absolute atomic E-state index is 3.70. The third kappa shape index (κ3) is 3.57. The Morgan fingerprint density at radius 3 is 2.47 bits per heavy atom. The van der Waals surface area contributed by atoms with Gasteiger partial charge < -0.3 is 5.32 Å².